The molecule has 0 amide bonds. The highest BCUT2D eigenvalue weighted by Crippen LogP contribution is 2.34. The molecule has 0 heterocycles. The first kappa shape index (κ1) is 14.5. The summed E-state index contributed by atoms with van der Waals surface area (Å²) in [5.41, 5.74) is 5.88. The Morgan fingerprint density at radius 3 is 2.69 bits per heavy atom. The third-order valence-corrected chi connectivity index (χ3v) is 2.02. The summed E-state index contributed by atoms with van der Waals surface area (Å²) in [6.45, 7) is -0.814. The molecule has 3 N–H and O–H groups in total. The molecule has 1 atom stereocenters. The first-order chi connectivity index (χ1) is 7.13. The Hall–Kier alpha value is -1.51. The highest BCUT2D eigenvalue weighted by atomic mass is 35.5. The number of aromatic hydroxyl groups is 1. The number of nitrogens with zero attached hydrogens (tertiary/aromatic N) is 1. The molecule has 0 fully saturated rings. The van der Waals surface area contributed by atoms with Gasteiger partial charge in [0.1, 0.15) is 6.67 Å². The van der Waals surface area contributed by atoms with Crippen LogP contribution in [0.25, 0.3) is 0 Å². The van der Waals surface area contributed by atoms with Gasteiger partial charge in [-0.3, -0.25) is 0 Å². The van der Waals surface area contributed by atoms with Crippen molar-refractivity contribution in [3.63, 3.8) is 0 Å². The van der Waals surface area contributed by atoms with Gasteiger partial charge in [-0.05, 0) is 6.07 Å². The summed E-state index contributed by atoms with van der Waals surface area (Å²) in [5.74, 6) is -0.102. The van der Waals surface area contributed by atoms with Crippen molar-refractivity contribution in [2.75, 3.05) is 13.8 Å². The molecule has 4 nitrogen and oxygen atoms in total. The molecule has 1 aromatic rings. The molecule has 6 heteroatoms. The van der Waals surface area contributed by atoms with E-state index in [4.69, 9.17) is 15.7 Å². The van der Waals surface area contributed by atoms with E-state index in [1.165, 1.54) is 19.2 Å². The van der Waals surface area contributed by atoms with Gasteiger partial charge in [0.15, 0.2) is 11.5 Å². The standard InChI is InChI=1S/C10H11FN2O2.ClH/c1-15-9-3-6(5-12)2-7(10(9)14)8(13)4-11;/h2-3,8,14H,4,13H2,1H3;1H/t8-;/m0./s1. The number of rotatable bonds is 3. The minimum atomic E-state index is -0.952. The zero-order valence-electron chi connectivity index (χ0n) is 8.61. The summed E-state index contributed by atoms with van der Waals surface area (Å²) in [5, 5.41) is 18.3. The molecule has 1 rings (SSSR count). The monoisotopic (exact) mass is 246 g/mol. The van der Waals surface area contributed by atoms with Crippen molar-refractivity contribution >= 4 is 12.4 Å². The van der Waals surface area contributed by atoms with Gasteiger partial charge in [-0.1, -0.05) is 0 Å². The third-order valence-electron chi connectivity index (χ3n) is 2.02. The second-order valence-corrected chi connectivity index (χ2v) is 2.99. The van der Waals surface area contributed by atoms with Crippen LogP contribution in [0.1, 0.15) is 17.2 Å². The normalized spacial score (nSPS) is 11.1. The summed E-state index contributed by atoms with van der Waals surface area (Å²) in [7, 11) is 1.35. The van der Waals surface area contributed by atoms with E-state index in [0.29, 0.717) is 0 Å². The Bertz CT molecular complexity index is 407. The molecule has 0 bridgehead atoms. The molecule has 0 saturated heterocycles. The largest absolute Gasteiger partial charge is 0.504 e. The van der Waals surface area contributed by atoms with Gasteiger partial charge in [-0.25, -0.2) is 4.39 Å². The summed E-state index contributed by atoms with van der Waals surface area (Å²) < 4.78 is 17.2. The fraction of sp³-hybridized carbons (Fsp3) is 0.300. The predicted octanol–water partition coefficient (Wildman–Crippen LogP) is 1.66. The molecule has 88 valence electrons. The predicted molar refractivity (Wildman–Crippen MR) is 59.5 cm³/mol. The Labute approximate surface area is 98.9 Å². The maximum atomic E-state index is 12.4. The van der Waals surface area contributed by atoms with Crippen LogP contribution in [0.5, 0.6) is 11.5 Å². The maximum absolute atomic E-state index is 12.4. The van der Waals surface area contributed by atoms with E-state index in [-0.39, 0.29) is 35.0 Å². The van der Waals surface area contributed by atoms with E-state index < -0.39 is 12.7 Å². The van der Waals surface area contributed by atoms with Crippen LogP contribution in [0.2, 0.25) is 0 Å². The lowest BCUT2D eigenvalue weighted by molar-refractivity contribution is 0.362. The average Bonchev–Trinajstić information content (AvgIpc) is 2.28. The Kier molecular flexibility index (Phi) is 5.57. The van der Waals surface area contributed by atoms with E-state index in [2.05, 4.69) is 0 Å². The van der Waals surface area contributed by atoms with Crippen LogP contribution in [0.4, 0.5) is 4.39 Å². The number of hydrogen-bond donors (Lipinski definition) is 2. The Morgan fingerprint density at radius 1 is 1.62 bits per heavy atom. The lowest BCUT2D eigenvalue weighted by atomic mass is 10.0. The molecule has 1 aromatic carbocycles. The second-order valence-electron chi connectivity index (χ2n) is 2.99. The van der Waals surface area contributed by atoms with Crippen molar-refractivity contribution < 1.29 is 14.2 Å². The van der Waals surface area contributed by atoms with Crippen molar-refractivity contribution in [1.82, 2.24) is 0 Å². The maximum Gasteiger partial charge on any atom is 0.162 e. The van der Waals surface area contributed by atoms with E-state index >= 15 is 0 Å². The summed E-state index contributed by atoms with van der Waals surface area (Å²) in [6.07, 6.45) is 0. The number of methoxy groups -OCH3 is 1. The number of nitrogens with two attached hydrogens (primary N) is 1. The minimum absolute atomic E-state index is 0. The zero-order chi connectivity index (χ0) is 11.4. The van der Waals surface area contributed by atoms with Gasteiger partial charge in [-0.2, -0.15) is 5.26 Å². The molecule has 0 radical (unpaired) electrons. The SMILES string of the molecule is COc1cc(C#N)cc([C@@H](N)CF)c1O.Cl. The molecule has 0 aliphatic rings. The fourth-order valence-corrected chi connectivity index (χ4v) is 1.22. The highest BCUT2D eigenvalue weighted by molar-refractivity contribution is 5.85. The van der Waals surface area contributed by atoms with Crippen LogP contribution >= 0.6 is 12.4 Å². The molecule has 16 heavy (non-hydrogen) atoms. The molecule has 0 aliphatic heterocycles. The highest BCUT2D eigenvalue weighted by Gasteiger charge is 2.16. The molecule has 0 saturated carbocycles. The van der Waals surface area contributed by atoms with Crippen LogP contribution in [0, 0.1) is 11.3 Å². The van der Waals surface area contributed by atoms with Gasteiger partial charge in [-0.15, -0.1) is 12.4 Å². The van der Waals surface area contributed by atoms with Gasteiger partial charge < -0.3 is 15.6 Å². The molecule has 0 aliphatic carbocycles. The van der Waals surface area contributed by atoms with Crippen molar-refractivity contribution in [1.29, 1.82) is 5.26 Å². The van der Waals surface area contributed by atoms with Crippen molar-refractivity contribution in [3.8, 4) is 17.6 Å². The van der Waals surface area contributed by atoms with Crippen LogP contribution in [-0.2, 0) is 0 Å². The van der Waals surface area contributed by atoms with Crippen LogP contribution in [0.3, 0.4) is 0 Å². The number of phenols is 1. The Balaban J connectivity index is 0.00000225. The van der Waals surface area contributed by atoms with Gasteiger partial charge in [0.25, 0.3) is 0 Å². The van der Waals surface area contributed by atoms with Gasteiger partial charge in [0.05, 0.1) is 24.8 Å². The number of nitriles is 1. The van der Waals surface area contributed by atoms with E-state index in [1.807, 2.05) is 6.07 Å². The van der Waals surface area contributed by atoms with Crippen LogP contribution in [-0.4, -0.2) is 18.9 Å². The van der Waals surface area contributed by atoms with Crippen molar-refractivity contribution in [2.24, 2.45) is 5.73 Å². The number of phenolic OH excluding ortho intramolecular Hbond substituents is 1. The first-order valence-electron chi connectivity index (χ1n) is 4.26. The average molecular weight is 247 g/mol. The molecular weight excluding hydrogens is 235 g/mol. The third kappa shape index (κ3) is 2.75. The summed E-state index contributed by atoms with van der Waals surface area (Å²) >= 11 is 0. The van der Waals surface area contributed by atoms with Crippen LogP contribution in [0.15, 0.2) is 12.1 Å². The number of benzene rings is 1. The quantitative estimate of drug-likeness (QED) is 0.850. The van der Waals surface area contributed by atoms with E-state index in [1.54, 1.807) is 0 Å². The zero-order valence-corrected chi connectivity index (χ0v) is 9.42. The van der Waals surface area contributed by atoms with Crippen LogP contribution < -0.4 is 10.5 Å². The Morgan fingerprint density at radius 2 is 2.25 bits per heavy atom. The van der Waals surface area contributed by atoms with Gasteiger partial charge >= 0.3 is 0 Å². The molecule has 0 aromatic heterocycles. The number of alkyl halides is 1. The van der Waals surface area contributed by atoms with Crippen molar-refractivity contribution in [2.45, 2.75) is 6.04 Å². The number of ether oxygens (including phenoxy) is 1. The topological polar surface area (TPSA) is 79.3 Å². The summed E-state index contributed by atoms with van der Waals surface area (Å²) in [4.78, 5) is 0. The van der Waals surface area contributed by atoms with Gasteiger partial charge in [0.2, 0.25) is 0 Å². The smallest absolute Gasteiger partial charge is 0.162 e. The number of hydrogen-bond acceptors (Lipinski definition) is 4. The number of halogens is 2. The lowest BCUT2D eigenvalue weighted by Gasteiger charge is -2.13. The fourth-order valence-electron chi connectivity index (χ4n) is 1.22. The second kappa shape index (κ2) is 6.16. The van der Waals surface area contributed by atoms with E-state index in [9.17, 15) is 9.50 Å². The van der Waals surface area contributed by atoms with Gasteiger partial charge in [0, 0.05) is 11.6 Å². The summed E-state index contributed by atoms with van der Waals surface area (Å²) in [6, 6.07) is 3.64. The molecular formula is C10H12ClFN2O2. The van der Waals surface area contributed by atoms with Crippen molar-refractivity contribution in [3.05, 3.63) is 23.3 Å². The lowest BCUT2D eigenvalue weighted by Crippen LogP contribution is -2.12. The molecule has 0 unspecified atom stereocenters. The minimum Gasteiger partial charge on any atom is -0.504 e. The molecule has 0 spiro atoms. The van der Waals surface area contributed by atoms with E-state index in [0.717, 1.165) is 0 Å². The first-order valence-corrected chi connectivity index (χ1v) is 4.26.